The van der Waals surface area contributed by atoms with Crippen LogP contribution < -0.4 is 10.1 Å². The van der Waals surface area contributed by atoms with Crippen LogP contribution in [-0.2, 0) is 22.5 Å². The maximum atomic E-state index is 13.1. The lowest BCUT2D eigenvalue weighted by atomic mass is 10.00. The molecule has 0 bridgehead atoms. The van der Waals surface area contributed by atoms with Crippen LogP contribution in [0, 0.1) is 0 Å². The Bertz CT molecular complexity index is 1080. The summed E-state index contributed by atoms with van der Waals surface area (Å²) in [6.45, 7) is 4.11. The average molecular weight is 481 g/mol. The Hall–Kier alpha value is -2.85. The van der Waals surface area contributed by atoms with Crippen LogP contribution in [0.4, 0.5) is 8.78 Å². The van der Waals surface area contributed by atoms with Gasteiger partial charge in [-0.25, -0.2) is 13.8 Å². The van der Waals surface area contributed by atoms with Crippen LogP contribution >= 0.6 is 11.6 Å². The summed E-state index contributed by atoms with van der Waals surface area (Å²) in [5.41, 5.74) is 1.99. The maximum absolute atomic E-state index is 13.1. The molecule has 176 valence electrons. The number of fused-ring (bicyclic) bond motifs is 1. The first-order valence-electron chi connectivity index (χ1n) is 10.4. The highest BCUT2D eigenvalue weighted by atomic mass is 35.5. The van der Waals surface area contributed by atoms with Crippen LogP contribution in [0.3, 0.4) is 0 Å². The minimum absolute atomic E-state index is 0.0534. The van der Waals surface area contributed by atoms with Gasteiger partial charge in [0.25, 0.3) is 12.3 Å². The molecule has 2 aromatic heterocycles. The van der Waals surface area contributed by atoms with E-state index in [0.717, 1.165) is 0 Å². The highest BCUT2D eigenvalue weighted by Crippen LogP contribution is 2.34. The largest absolute Gasteiger partial charge is 0.471 e. The SMILES string of the molecule is CC(c1cnc(OCC(F)F)c(Cl)c1)N1Cc2c(ccnc2CC(=O)NC2(C)COC2)C1=O. The molecule has 2 amide bonds. The van der Waals surface area contributed by atoms with Crippen molar-refractivity contribution in [3.05, 3.63) is 51.9 Å². The van der Waals surface area contributed by atoms with E-state index >= 15 is 0 Å². The van der Waals surface area contributed by atoms with Crippen LogP contribution in [-0.4, -0.2) is 58.5 Å². The third-order valence-corrected chi connectivity index (χ3v) is 5.97. The Morgan fingerprint density at radius 2 is 2.15 bits per heavy atom. The molecule has 0 spiro atoms. The van der Waals surface area contributed by atoms with Crippen LogP contribution in [0.15, 0.2) is 24.5 Å². The second-order valence-corrected chi connectivity index (χ2v) is 8.84. The molecule has 0 radical (unpaired) electrons. The van der Waals surface area contributed by atoms with Gasteiger partial charge in [-0.1, -0.05) is 11.6 Å². The number of ether oxygens (including phenoxy) is 2. The standard InChI is InChI=1S/C22H23ClF2N4O4/c1-12(13-5-16(23)20(27-7-13)33-9-18(24)25)29-8-15-14(21(29)31)3-4-26-17(15)6-19(30)28-22(2)10-32-11-22/h3-5,7,12,18H,6,8-11H2,1-2H3,(H,28,30). The molecule has 33 heavy (non-hydrogen) atoms. The molecule has 0 aromatic carbocycles. The summed E-state index contributed by atoms with van der Waals surface area (Å²) in [5, 5.41) is 3.03. The van der Waals surface area contributed by atoms with Crippen molar-refractivity contribution in [1.82, 2.24) is 20.2 Å². The molecule has 4 heterocycles. The van der Waals surface area contributed by atoms with Gasteiger partial charge in [0, 0.05) is 30.1 Å². The molecule has 1 saturated heterocycles. The number of aromatic nitrogens is 2. The summed E-state index contributed by atoms with van der Waals surface area (Å²) < 4.78 is 34.8. The number of pyridine rings is 2. The van der Waals surface area contributed by atoms with E-state index in [1.165, 1.54) is 12.4 Å². The number of nitrogens with one attached hydrogen (secondary N) is 1. The molecule has 8 nitrogen and oxygen atoms in total. The fourth-order valence-corrected chi connectivity index (χ4v) is 4.11. The zero-order valence-electron chi connectivity index (χ0n) is 18.1. The van der Waals surface area contributed by atoms with Gasteiger partial charge in [0.15, 0.2) is 6.61 Å². The predicted octanol–water partition coefficient (Wildman–Crippen LogP) is 2.94. The van der Waals surface area contributed by atoms with Crippen molar-refractivity contribution in [1.29, 1.82) is 0 Å². The van der Waals surface area contributed by atoms with Crippen molar-refractivity contribution in [2.45, 2.75) is 44.8 Å². The lowest BCUT2D eigenvalue weighted by molar-refractivity contribution is -0.130. The van der Waals surface area contributed by atoms with Crippen molar-refractivity contribution in [2.75, 3.05) is 19.8 Å². The number of alkyl halides is 2. The first kappa shape index (κ1) is 23.3. The summed E-state index contributed by atoms with van der Waals surface area (Å²) in [4.78, 5) is 35.6. The van der Waals surface area contributed by atoms with E-state index in [-0.39, 0.29) is 41.2 Å². The molecule has 2 aromatic rings. The Balaban J connectivity index is 1.48. The number of amides is 2. The fraction of sp³-hybridized carbons (Fsp3) is 0.455. The van der Waals surface area contributed by atoms with Crippen molar-refractivity contribution >= 4 is 23.4 Å². The summed E-state index contributed by atoms with van der Waals surface area (Å²) in [5.74, 6) is -0.474. The van der Waals surface area contributed by atoms with Gasteiger partial charge in [0.2, 0.25) is 11.8 Å². The average Bonchev–Trinajstić information content (AvgIpc) is 3.08. The van der Waals surface area contributed by atoms with Gasteiger partial charge in [-0.05, 0) is 31.5 Å². The van der Waals surface area contributed by atoms with Crippen molar-refractivity contribution < 1.29 is 27.8 Å². The monoisotopic (exact) mass is 480 g/mol. The molecular weight excluding hydrogens is 458 g/mol. The first-order chi connectivity index (χ1) is 15.7. The molecule has 11 heteroatoms. The number of rotatable bonds is 8. The molecule has 0 aliphatic carbocycles. The van der Waals surface area contributed by atoms with Crippen molar-refractivity contribution in [3.63, 3.8) is 0 Å². The van der Waals surface area contributed by atoms with Gasteiger partial charge in [-0.3, -0.25) is 14.6 Å². The third kappa shape index (κ3) is 4.91. The van der Waals surface area contributed by atoms with Crippen LogP contribution in [0.5, 0.6) is 5.88 Å². The Labute approximate surface area is 194 Å². The highest BCUT2D eigenvalue weighted by Gasteiger charge is 2.37. The minimum Gasteiger partial charge on any atom is -0.471 e. The number of halogens is 3. The van der Waals surface area contributed by atoms with Gasteiger partial charge in [0.1, 0.15) is 5.02 Å². The molecule has 2 aliphatic rings. The number of nitrogens with zero attached hydrogens (tertiary/aromatic N) is 3. The molecule has 1 unspecified atom stereocenters. The van der Waals surface area contributed by atoms with E-state index in [1.807, 2.05) is 13.8 Å². The minimum atomic E-state index is -2.64. The van der Waals surface area contributed by atoms with Crippen LogP contribution in [0.1, 0.15) is 47.1 Å². The second kappa shape index (κ2) is 9.18. The smallest absolute Gasteiger partial charge is 0.272 e. The van der Waals surface area contributed by atoms with E-state index in [2.05, 4.69) is 15.3 Å². The Kier molecular flexibility index (Phi) is 6.49. The third-order valence-electron chi connectivity index (χ3n) is 5.70. The van der Waals surface area contributed by atoms with Crippen molar-refractivity contribution in [2.24, 2.45) is 0 Å². The zero-order chi connectivity index (χ0) is 23.8. The first-order valence-corrected chi connectivity index (χ1v) is 10.8. The lowest BCUT2D eigenvalue weighted by Gasteiger charge is -2.38. The second-order valence-electron chi connectivity index (χ2n) is 8.43. The number of carbonyl (C=O) groups is 2. The zero-order valence-corrected chi connectivity index (χ0v) is 18.9. The summed E-state index contributed by atoms with van der Waals surface area (Å²) in [6, 6.07) is 2.77. The fourth-order valence-electron chi connectivity index (χ4n) is 3.88. The summed E-state index contributed by atoms with van der Waals surface area (Å²) in [7, 11) is 0. The highest BCUT2D eigenvalue weighted by molar-refractivity contribution is 6.31. The molecule has 0 saturated carbocycles. The van der Waals surface area contributed by atoms with Gasteiger partial charge in [-0.2, -0.15) is 0 Å². The van der Waals surface area contributed by atoms with E-state index in [4.69, 9.17) is 21.1 Å². The molecular formula is C22H23ClF2N4O4. The van der Waals surface area contributed by atoms with Gasteiger partial charge < -0.3 is 19.7 Å². The van der Waals surface area contributed by atoms with Gasteiger partial charge in [-0.15, -0.1) is 0 Å². The number of hydrogen-bond donors (Lipinski definition) is 1. The molecule has 1 atom stereocenters. The van der Waals surface area contributed by atoms with Crippen LogP contribution in [0.25, 0.3) is 0 Å². The quantitative estimate of drug-likeness (QED) is 0.624. The van der Waals surface area contributed by atoms with Crippen molar-refractivity contribution in [3.8, 4) is 5.88 Å². The molecule has 2 aliphatic heterocycles. The summed E-state index contributed by atoms with van der Waals surface area (Å²) >= 11 is 6.14. The van der Waals surface area contributed by atoms with E-state index in [9.17, 15) is 18.4 Å². The molecule has 1 fully saturated rings. The summed E-state index contributed by atoms with van der Waals surface area (Å²) in [6.07, 6.45) is 0.381. The Morgan fingerprint density at radius 3 is 2.79 bits per heavy atom. The number of hydrogen-bond acceptors (Lipinski definition) is 6. The number of carbonyl (C=O) groups excluding carboxylic acids is 2. The normalized spacial score (nSPS) is 17.5. The van der Waals surface area contributed by atoms with E-state index in [0.29, 0.717) is 35.6 Å². The van der Waals surface area contributed by atoms with Gasteiger partial charge >= 0.3 is 0 Å². The van der Waals surface area contributed by atoms with E-state index < -0.39 is 19.1 Å². The predicted molar refractivity (Wildman–Crippen MR) is 114 cm³/mol. The van der Waals surface area contributed by atoms with E-state index in [1.54, 1.807) is 17.0 Å². The molecule has 1 N–H and O–H groups in total. The Morgan fingerprint density at radius 1 is 1.39 bits per heavy atom. The molecule has 4 rings (SSSR count). The lowest BCUT2D eigenvalue weighted by Crippen LogP contribution is -2.60. The van der Waals surface area contributed by atoms with Gasteiger partial charge in [0.05, 0.1) is 36.9 Å². The van der Waals surface area contributed by atoms with Crippen LogP contribution in [0.2, 0.25) is 5.02 Å². The topological polar surface area (TPSA) is 93.7 Å². The maximum Gasteiger partial charge on any atom is 0.272 e.